The van der Waals surface area contributed by atoms with Gasteiger partial charge in [-0.3, -0.25) is 4.79 Å². The maximum Gasteiger partial charge on any atom is 0.311 e. The lowest BCUT2D eigenvalue weighted by atomic mass is 10.1. The van der Waals surface area contributed by atoms with Crippen LogP contribution in [0.5, 0.6) is 5.75 Å². The number of ether oxygens (including phenoxy) is 2. The molecule has 23 heavy (non-hydrogen) atoms. The van der Waals surface area contributed by atoms with E-state index in [0.717, 1.165) is 16.9 Å². The van der Waals surface area contributed by atoms with Crippen LogP contribution >= 0.6 is 0 Å². The number of hydrogen-bond acceptors (Lipinski definition) is 6. The van der Waals surface area contributed by atoms with Gasteiger partial charge in [0.05, 0.1) is 13.1 Å². The van der Waals surface area contributed by atoms with Gasteiger partial charge >= 0.3 is 11.8 Å². The van der Waals surface area contributed by atoms with E-state index in [1.54, 1.807) is 4.90 Å². The van der Waals surface area contributed by atoms with E-state index < -0.39 is 0 Å². The molecule has 0 bridgehead atoms. The van der Waals surface area contributed by atoms with Gasteiger partial charge < -0.3 is 18.8 Å². The summed E-state index contributed by atoms with van der Waals surface area (Å²) in [6.07, 6.45) is -0.0138. The number of aromatic nitrogens is 2. The molecule has 0 atom stereocenters. The van der Waals surface area contributed by atoms with Crippen LogP contribution in [0.3, 0.4) is 0 Å². The fourth-order valence-corrected chi connectivity index (χ4v) is 2.49. The summed E-state index contributed by atoms with van der Waals surface area (Å²) in [6.45, 7) is 5.24. The molecule has 1 aromatic carbocycles. The van der Waals surface area contributed by atoms with Crippen LogP contribution in [0.1, 0.15) is 27.7 Å². The van der Waals surface area contributed by atoms with Crippen molar-refractivity contribution >= 4 is 5.91 Å². The molecule has 7 heteroatoms. The second-order valence-corrected chi connectivity index (χ2v) is 5.60. The molecule has 0 N–H and O–H groups in total. The number of likely N-dealkylation sites (tertiary alicyclic amines) is 1. The summed E-state index contributed by atoms with van der Waals surface area (Å²) in [6, 6.07) is 6.03. The summed E-state index contributed by atoms with van der Waals surface area (Å²) in [5, 5.41) is 7.50. The third kappa shape index (κ3) is 3.19. The molecule has 122 valence electrons. The number of hydrogen-bond donors (Lipinski definition) is 0. The first kappa shape index (κ1) is 15.5. The van der Waals surface area contributed by atoms with Crippen molar-refractivity contribution < 1.29 is 18.7 Å². The number of para-hydroxylation sites is 1. The van der Waals surface area contributed by atoms with E-state index in [0.29, 0.717) is 19.0 Å². The van der Waals surface area contributed by atoms with Crippen LogP contribution in [-0.4, -0.2) is 47.3 Å². The van der Waals surface area contributed by atoms with Gasteiger partial charge in [-0.15, -0.1) is 10.2 Å². The molecule has 2 heterocycles. The predicted octanol–water partition coefficient (Wildman–Crippen LogP) is 1.74. The first-order chi connectivity index (χ1) is 11.1. The smallest absolute Gasteiger partial charge is 0.311 e. The maximum absolute atomic E-state index is 12.2. The number of rotatable bonds is 5. The number of nitrogens with zero attached hydrogens (tertiary/aromatic N) is 3. The fourth-order valence-electron chi connectivity index (χ4n) is 2.49. The SMILES string of the molecule is COCc1nnc(C(=O)N2CC(Oc3c(C)cccc3C)C2)o1. The van der Waals surface area contributed by atoms with Crippen LogP contribution in [0.25, 0.3) is 0 Å². The maximum atomic E-state index is 12.2. The van der Waals surface area contributed by atoms with Crippen molar-refractivity contribution in [3.63, 3.8) is 0 Å². The molecule has 3 rings (SSSR count). The molecule has 1 saturated heterocycles. The minimum Gasteiger partial charge on any atom is -0.486 e. The van der Waals surface area contributed by atoms with Crippen LogP contribution in [0, 0.1) is 13.8 Å². The molecule has 1 aromatic heterocycles. The van der Waals surface area contributed by atoms with E-state index in [1.165, 1.54) is 7.11 Å². The van der Waals surface area contributed by atoms with E-state index in [-0.39, 0.29) is 24.5 Å². The topological polar surface area (TPSA) is 77.7 Å². The van der Waals surface area contributed by atoms with Gasteiger partial charge in [0.15, 0.2) is 0 Å². The third-order valence-corrected chi connectivity index (χ3v) is 3.75. The Bertz CT molecular complexity index is 687. The molecule has 0 unspecified atom stereocenters. The first-order valence-electron chi connectivity index (χ1n) is 7.42. The quantitative estimate of drug-likeness (QED) is 0.836. The monoisotopic (exact) mass is 317 g/mol. The second kappa shape index (κ2) is 6.37. The number of amides is 1. The van der Waals surface area contributed by atoms with E-state index in [2.05, 4.69) is 10.2 Å². The fraction of sp³-hybridized carbons (Fsp3) is 0.438. The van der Waals surface area contributed by atoms with Gasteiger partial charge in [-0.1, -0.05) is 18.2 Å². The van der Waals surface area contributed by atoms with E-state index in [9.17, 15) is 4.79 Å². The Labute approximate surface area is 134 Å². The molecule has 0 spiro atoms. The van der Waals surface area contributed by atoms with Gasteiger partial charge in [-0.2, -0.15) is 0 Å². The first-order valence-corrected chi connectivity index (χ1v) is 7.42. The average molecular weight is 317 g/mol. The van der Waals surface area contributed by atoms with Crippen LogP contribution in [0.15, 0.2) is 22.6 Å². The average Bonchev–Trinajstić information content (AvgIpc) is 2.93. The summed E-state index contributed by atoms with van der Waals surface area (Å²) in [4.78, 5) is 13.8. The lowest BCUT2D eigenvalue weighted by Crippen LogP contribution is -2.56. The lowest BCUT2D eigenvalue weighted by Gasteiger charge is -2.38. The van der Waals surface area contributed by atoms with Crippen molar-refractivity contribution in [1.29, 1.82) is 0 Å². The normalized spacial score (nSPS) is 14.7. The molecule has 2 aromatic rings. The highest BCUT2D eigenvalue weighted by atomic mass is 16.5. The standard InChI is InChI=1S/C16H19N3O4/c1-10-5-4-6-11(2)14(10)22-12-7-19(8-12)16(20)15-18-17-13(23-15)9-21-3/h4-6,12H,7-9H2,1-3H3. The molecule has 7 nitrogen and oxygen atoms in total. The number of benzene rings is 1. The Morgan fingerprint density at radius 1 is 1.30 bits per heavy atom. The van der Waals surface area contributed by atoms with Crippen molar-refractivity contribution in [3.8, 4) is 5.75 Å². The van der Waals surface area contributed by atoms with Gasteiger partial charge in [0.2, 0.25) is 5.89 Å². The highest BCUT2D eigenvalue weighted by Crippen LogP contribution is 2.26. The van der Waals surface area contributed by atoms with Crippen LogP contribution in [0.2, 0.25) is 0 Å². The zero-order valence-corrected chi connectivity index (χ0v) is 13.4. The predicted molar refractivity (Wildman–Crippen MR) is 81.2 cm³/mol. The summed E-state index contributed by atoms with van der Waals surface area (Å²) in [5.41, 5.74) is 2.19. The minimum atomic E-state index is -0.277. The zero-order valence-electron chi connectivity index (χ0n) is 13.4. The van der Waals surface area contributed by atoms with Crippen LogP contribution in [0.4, 0.5) is 0 Å². The molecule has 0 radical (unpaired) electrons. The molecule has 1 amide bonds. The lowest BCUT2D eigenvalue weighted by molar-refractivity contribution is 0.0141. The van der Waals surface area contributed by atoms with Gasteiger partial charge in [0.1, 0.15) is 18.5 Å². The Kier molecular flexibility index (Phi) is 4.29. The largest absolute Gasteiger partial charge is 0.486 e. The van der Waals surface area contributed by atoms with Crippen LogP contribution < -0.4 is 4.74 Å². The molecule has 0 aliphatic carbocycles. The van der Waals surface area contributed by atoms with E-state index in [4.69, 9.17) is 13.9 Å². The number of methoxy groups -OCH3 is 1. The van der Waals surface area contributed by atoms with Gasteiger partial charge in [0, 0.05) is 7.11 Å². The Morgan fingerprint density at radius 2 is 2.00 bits per heavy atom. The summed E-state index contributed by atoms with van der Waals surface area (Å²) in [7, 11) is 1.52. The summed E-state index contributed by atoms with van der Waals surface area (Å²) in [5.74, 6) is 0.897. The van der Waals surface area contributed by atoms with Gasteiger partial charge in [-0.25, -0.2) is 0 Å². The zero-order chi connectivity index (χ0) is 16.4. The van der Waals surface area contributed by atoms with Crippen molar-refractivity contribution in [1.82, 2.24) is 15.1 Å². The Morgan fingerprint density at radius 3 is 2.65 bits per heavy atom. The second-order valence-electron chi connectivity index (χ2n) is 5.60. The Balaban J connectivity index is 1.57. The molecular formula is C16H19N3O4. The van der Waals surface area contributed by atoms with Crippen molar-refractivity contribution in [2.45, 2.75) is 26.6 Å². The van der Waals surface area contributed by atoms with Crippen LogP contribution in [-0.2, 0) is 11.3 Å². The number of carbonyl (C=O) groups excluding carboxylic acids is 1. The minimum absolute atomic E-state index is 0.0115. The van der Waals surface area contributed by atoms with E-state index >= 15 is 0 Å². The van der Waals surface area contributed by atoms with E-state index in [1.807, 2.05) is 32.0 Å². The highest BCUT2D eigenvalue weighted by Gasteiger charge is 2.35. The molecule has 1 aliphatic rings. The molecule has 0 saturated carbocycles. The molecular weight excluding hydrogens is 298 g/mol. The van der Waals surface area contributed by atoms with Gasteiger partial charge in [0.25, 0.3) is 0 Å². The van der Waals surface area contributed by atoms with Gasteiger partial charge in [-0.05, 0) is 25.0 Å². The Hall–Kier alpha value is -2.41. The number of carbonyl (C=O) groups is 1. The molecule has 1 fully saturated rings. The summed E-state index contributed by atoms with van der Waals surface area (Å²) < 4.78 is 16.1. The third-order valence-electron chi connectivity index (χ3n) is 3.75. The number of aryl methyl sites for hydroxylation is 2. The summed E-state index contributed by atoms with van der Waals surface area (Å²) >= 11 is 0. The van der Waals surface area contributed by atoms with Crippen molar-refractivity contribution in [3.05, 3.63) is 41.1 Å². The van der Waals surface area contributed by atoms with Crippen molar-refractivity contribution in [2.75, 3.05) is 20.2 Å². The molecule has 1 aliphatic heterocycles. The highest BCUT2D eigenvalue weighted by molar-refractivity contribution is 5.90. The van der Waals surface area contributed by atoms with Crippen molar-refractivity contribution in [2.24, 2.45) is 0 Å².